The minimum atomic E-state index is 0.324. The molecule has 13 heavy (non-hydrogen) atoms. The first-order valence-electron chi connectivity index (χ1n) is 4.72. The molecule has 0 aliphatic carbocycles. The van der Waals surface area contributed by atoms with Crippen molar-refractivity contribution in [2.45, 2.75) is 26.7 Å². The van der Waals surface area contributed by atoms with Crippen molar-refractivity contribution in [2.75, 3.05) is 19.6 Å². The van der Waals surface area contributed by atoms with E-state index in [1.165, 1.54) is 6.42 Å². The van der Waals surface area contributed by atoms with Crippen molar-refractivity contribution in [3.63, 3.8) is 0 Å². The Kier molecular flexibility index (Phi) is 3.14. The average molecular weight is 185 g/mol. The second kappa shape index (κ2) is 3.96. The lowest BCUT2D eigenvalue weighted by Crippen LogP contribution is -2.27. The number of nitrogens with two attached hydrogens (primary N) is 1. The monoisotopic (exact) mass is 185 g/mol. The molecule has 4 nitrogen and oxygen atoms in total. The minimum absolute atomic E-state index is 0.324. The molecule has 0 spiro atoms. The predicted molar refractivity (Wildman–Crippen MR) is 52.9 cm³/mol. The fraction of sp³-hybridized carbons (Fsp3) is 0.889. The molecule has 0 aromatic heterocycles. The molecule has 1 heterocycles. The van der Waals surface area contributed by atoms with Crippen molar-refractivity contribution < 1.29 is 5.21 Å². The second-order valence-corrected chi connectivity index (χ2v) is 4.53. The largest absolute Gasteiger partial charge is 0.409 e. The SMILES string of the molecule is CC1(C)CCN(CCC(N)=NO)C1. The minimum Gasteiger partial charge on any atom is -0.409 e. The molecule has 1 fully saturated rings. The lowest BCUT2D eigenvalue weighted by molar-refractivity contribution is 0.292. The van der Waals surface area contributed by atoms with E-state index in [0.29, 0.717) is 17.7 Å². The Balaban J connectivity index is 2.25. The predicted octanol–water partition coefficient (Wildman–Crippen LogP) is 0.855. The quantitative estimate of drug-likeness (QED) is 0.296. The molecule has 1 aliphatic heterocycles. The Labute approximate surface area is 79.4 Å². The topological polar surface area (TPSA) is 61.8 Å². The highest BCUT2D eigenvalue weighted by Gasteiger charge is 2.28. The van der Waals surface area contributed by atoms with Crippen LogP contribution in [-0.2, 0) is 0 Å². The van der Waals surface area contributed by atoms with Gasteiger partial charge in [0.05, 0.1) is 0 Å². The van der Waals surface area contributed by atoms with Gasteiger partial charge in [-0.2, -0.15) is 0 Å². The first-order chi connectivity index (χ1) is 6.03. The molecular weight excluding hydrogens is 166 g/mol. The van der Waals surface area contributed by atoms with Crippen molar-refractivity contribution in [3.8, 4) is 0 Å². The number of amidine groups is 1. The van der Waals surface area contributed by atoms with Gasteiger partial charge in [-0.1, -0.05) is 19.0 Å². The summed E-state index contributed by atoms with van der Waals surface area (Å²) in [5.41, 5.74) is 5.83. The van der Waals surface area contributed by atoms with Gasteiger partial charge in [-0.15, -0.1) is 0 Å². The number of hydrogen-bond acceptors (Lipinski definition) is 3. The first-order valence-corrected chi connectivity index (χ1v) is 4.72. The zero-order valence-electron chi connectivity index (χ0n) is 8.45. The fourth-order valence-corrected chi connectivity index (χ4v) is 1.74. The average Bonchev–Trinajstić information content (AvgIpc) is 2.41. The zero-order chi connectivity index (χ0) is 9.90. The summed E-state index contributed by atoms with van der Waals surface area (Å²) in [6.07, 6.45) is 1.90. The summed E-state index contributed by atoms with van der Waals surface area (Å²) in [6.45, 7) is 7.70. The lowest BCUT2D eigenvalue weighted by atomic mass is 9.93. The Morgan fingerprint density at radius 1 is 1.62 bits per heavy atom. The van der Waals surface area contributed by atoms with Crippen molar-refractivity contribution >= 4 is 5.84 Å². The van der Waals surface area contributed by atoms with Gasteiger partial charge in [0.2, 0.25) is 0 Å². The van der Waals surface area contributed by atoms with Crippen LogP contribution in [-0.4, -0.2) is 35.6 Å². The van der Waals surface area contributed by atoms with Gasteiger partial charge in [0, 0.05) is 19.5 Å². The molecular formula is C9H19N3O. The van der Waals surface area contributed by atoms with Crippen LogP contribution in [0.15, 0.2) is 5.16 Å². The van der Waals surface area contributed by atoms with Crippen molar-refractivity contribution in [1.29, 1.82) is 0 Å². The van der Waals surface area contributed by atoms with E-state index in [4.69, 9.17) is 10.9 Å². The van der Waals surface area contributed by atoms with Crippen LogP contribution in [0.2, 0.25) is 0 Å². The Bertz CT molecular complexity index is 201. The van der Waals surface area contributed by atoms with Gasteiger partial charge in [0.25, 0.3) is 0 Å². The molecule has 76 valence electrons. The van der Waals surface area contributed by atoms with E-state index in [1.807, 2.05) is 0 Å². The third-order valence-electron chi connectivity index (χ3n) is 2.57. The van der Waals surface area contributed by atoms with Crippen molar-refractivity contribution in [2.24, 2.45) is 16.3 Å². The lowest BCUT2D eigenvalue weighted by Gasteiger charge is -2.19. The van der Waals surface area contributed by atoms with Crippen LogP contribution in [0.5, 0.6) is 0 Å². The molecule has 0 amide bonds. The van der Waals surface area contributed by atoms with E-state index in [0.717, 1.165) is 19.6 Å². The van der Waals surface area contributed by atoms with Crippen LogP contribution in [0.1, 0.15) is 26.7 Å². The van der Waals surface area contributed by atoms with E-state index in [-0.39, 0.29) is 0 Å². The summed E-state index contributed by atoms with van der Waals surface area (Å²) >= 11 is 0. The van der Waals surface area contributed by atoms with E-state index in [9.17, 15) is 0 Å². The summed E-state index contributed by atoms with van der Waals surface area (Å²) in [5, 5.41) is 11.3. The number of hydrogen-bond donors (Lipinski definition) is 2. The number of likely N-dealkylation sites (tertiary alicyclic amines) is 1. The molecule has 1 saturated heterocycles. The smallest absolute Gasteiger partial charge is 0.140 e. The molecule has 0 aromatic rings. The summed E-state index contributed by atoms with van der Waals surface area (Å²) in [5.74, 6) is 0.324. The summed E-state index contributed by atoms with van der Waals surface area (Å²) < 4.78 is 0. The van der Waals surface area contributed by atoms with Gasteiger partial charge in [0.15, 0.2) is 0 Å². The van der Waals surface area contributed by atoms with Crippen LogP contribution in [0.3, 0.4) is 0 Å². The normalized spacial score (nSPS) is 23.7. The highest BCUT2D eigenvalue weighted by molar-refractivity contribution is 5.79. The van der Waals surface area contributed by atoms with Crippen molar-refractivity contribution in [1.82, 2.24) is 4.90 Å². The summed E-state index contributed by atoms with van der Waals surface area (Å²) in [6, 6.07) is 0. The van der Waals surface area contributed by atoms with Gasteiger partial charge < -0.3 is 15.8 Å². The first kappa shape index (κ1) is 10.3. The van der Waals surface area contributed by atoms with E-state index in [1.54, 1.807) is 0 Å². The highest BCUT2D eigenvalue weighted by atomic mass is 16.4. The molecule has 0 bridgehead atoms. The van der Waals surface area contributed by atoms with Crippen LogP contribution < -0.4 is 5.73 Å². The van der Waals surface area contributed by atoms with Crippen LogP contribution in [0.4, 0.5) is 0 Å². The maximum Gasteiger partial charge on any atom is 0.140 e. The van der Waals surface area contributed by atoms with Gasteiger partial charge in [-0.05, 0) is 18.4 Å². The fourth-order valence-electron chi connectivity index (χ4n) is 1.74. The Morgan fingerprint density at radius 2 is 2.31 bits per heavy atom. The standard InChI is InChI=1S/C9H19N3O/c1-9(2)4-6-12(7-9)5-3-8(10)11-13/h13H,3-7H2,1-2H3,(H2,10,11). The number of oxime groups is 1. The van der Waals surface area contributed by atoms with Gasteiger partial charge in [0.1, 0.15) is 5.84 Å². The molecule has 1 rings (SSSR count). The maximum absolute atomic E-state index is 8.36. The summed E-state index contributed by atoms with van der Waals surface area (Å²) in [4.78, 5) is 2.36. The Morgan fingerprint density at radius 3 is 2.77 bits per heavy atom. The van der Waals surface area contributed by atoms with Gasteiger partial charge in [-0.25, -0.2) is 0 Å². The third-order valence-corrected chi connectivity index (χ3v) is 2.57. The Hall–Kier alpha value is -0.770. The van der Waals surface area contributed by atoms with Crippen molar-refractivity contribution in [3.05, 3.63) is 0 Å². The second-order valence-electron chi connectivity index (χ2n) is 4.53. The van der Waals surface area contributed by atoms with Crippen LogP contribution >= 0.6 is 0 Å². The number of nitrogens with zero attached hydrogens (tertiary/aromatic N) is 2. The molecule has 4 heteroatoms. The highest BCUT2D eigenvalue weighted by Crippen LogP contribution is 2.28. The molecule has 0 radical (unpaired) electrons. The van der Waals surface area contributed by atoms with Crippen LogP contribution in [0, 0.1) is 5.41 Å². The van der Waals surface area contributed by atoms with Gasteiger partial charge in [-0.3, -0.25) is 0 Å². The number of rotatable bonds is 3. The summed E-state index contributed by atoms with van der Waals surface area (Å²) in [7, 11) is 0. The molecule has 0 saturated carbocycles. The van der Waals surface area contributed by atoms with Crippen LogP contribution in [0.25, 0.3) is 0 Å². The molecule has 0 aromatic carbocycles. The third kappa shape index (κ3) is 3.22. The van der Waals surface area contributed by atoms with Gasteiger partial charge >= 0.3 is 0 Å². The molecule has 3 N–H and O–H groups in total. The van der Waals surface area contributed by atoms with E-state index in [2.05, 4.69) is 23.9 Å². The zero-order valence-corrected chi connectivity index (χ0v) is 8.45. The van der Waals surface area contributed by atoms with E-state index < -0.39 is 0 Å². The molecule has 0 atom stereocenters. The molecule has 0 unspecified atom stereocenters. The maximum atomic E-state index is 8.36. The van der Waals surface area contributed by atoms with E-state index >= 15 is 0 Å². The molecule has 1 aliphatic rings.